The minimum atomic E-state index is -3.03. The van der Waals surface area contributed by atoms with Gasteiger partial charge in [0.1, 0.15) is 13.9 Å². The van der Waals surface area contributed by atoms with Crippen LogP contribution < -0.4 is 16.5 Å². The lowest BCUT2D eigenvalue weighted by molar-refractivity contribution is -0.258. The van der Waals surface area contributed by atoms with Gasteiger partial charge in [0.15, 0.2) is 11.6 Å². The summed E-state index contributed by atoms with van der Waals surface area (Å²) in [5.74, 6) is -7.92. The van der Waals surface area contributed by atoms with Gasteiger partial charge in [0.05, 0.1) is 11.1 Å². The molecule has 126 valence electrons. The van der Waals surface area contributed by atoms with Crippen molar-refractivity contribution in [3.8, 4) is 5.75 Å². The number of carbonyl (C=O) groups excluding carboxylic acids is 3. The Bertz CT molecular complexity index is 812. The molecule has 1 saturated heterocycles. The first-order chi connectivity index (χ1) is 11.1. The number of anilines is 1. The quantitative estimate of drug-likeness (QED) is 0.118. The first-order valence-electron chi connectivity index (χ1n) is 7.02. The van der Waals surface area contributed by atoms with Crippen LogP contribution in [0.5, 0.6) is 5.75 Å². The highest BCUT2D eigenvalue weighted by Crippen LogP contribution is 2.44. The molecule has 9 nitrogen and oxygen atoms in total. The Morgan fingerprint density at radius 3 is 2.54 bits per heavy atom. The molecule has 24 heavy (non-hydrogen) atoms. The summed E-state index contributed by atoms with van der Waals surface area (Å²) >= 11 is 0. The van der Waals surface area contributed by atoms with Crippen LogP contribution in [0.1, 0.15) is 28.8 Å². The second-order valence-electron chi connectivity index (χ2n) is 5.73. The lowest BCUT2D eigenvalue weighted by Gasteiger charge is -2.36. The van der Waals surface area contributed by atoms with Crippen molar-refractivity contribution in [2.75, 3.05) is 5.73 Å². The maximum absolute atomic E-state index is 14.0. The van der Waals surface area contributed by atoms with E-state index in [1.807, 2.05) is 5.32 Å². The molecule has 0 aliphatic carbocycles. The monoisotopic (exact) mass is 337 g/mol. The van der Waals surface area contributed by atoms with Gasteiger partial charge in [0.2, 0.25) is 11.8 Å². The van der Waals surface area contributed by atoms with Crippen molar-refractivity contribution in [1.29, 1.82) is 0 Å². The van der Waals surface area contributed by atoms with Gasteiger partial charge in [-0.2, -0.15) is 0 Å². The van der Waals surface area contributed by atoms with Crippen LogP contribution in [0, 0.1) is 5.82 Å². The van der Waals surface area contributed by atoms with Crippen molar-refractivity contribution < 1.29 is 34.1 Å². The Hall–Kier alpha value is -2.66. The number of benzene rings is 1. The van der Waals surface area contributed by atoms with Crippen LogP contribution in [0.2, 0.25) is 0 Å². The van der Waals surface area contributed by atoms with Crippen molar-refractivity contribution in [2.24, 2.45) is 0 Å². The highest BCUT2D eigenvalue weighted by molar-refractivity contribution is 6.37. The lowest BCUT2D eigenvalue weighted by Crippen LogP contribution is -2.58. The topological polar surface area (TPSA) is 153 Å². The predicted molar refractivity (Wildman–Crippen MR) is 79.1 cm³/mol. The summed E-state index contributed by atoms with van der Waals surface area (Å²) < 4.78 is 14.0. The molecule has 1 fully saturated rings. The molecule has 0 spiro atoms. The average molecular weight is 337 g/mol. The minimum Gasteiger partial charge on any atom is -0.504 e. The van der Waals surface area contributed by atoms with Crippen LogP contribution in [0.3, 0.4) is 0 Å². The number of carbonyl (C=O) groups is 3. The van der Waals surface area contributed by atoms with E-state index < -0.39 is 58.1 Å². The van der Waals surface area contributed by atoms with Crippen LogP contribution in [0.15, 0.2) is 0 Å². The number of amides is 3. The fourth-order valence-corrected chi connectivity index (χ4v) is 3.07. The van der Waals surface area contributed by atoms with Gasteiger partial charge in [0, 0.05) is 12.1 Å². The molecule has 0 aromatic heterocycles. The number of rotatable bonds is 1. The standard InChI is InChI=1S/C13H13BFN3O6/c14-7-8(15)10(20)5-6(9(7)16)13(23,24)18(12(5)22)3-1-2-4(19)17-11(3)21/h3,20,23-24H,1-2,14,16H2,(H,17,19,21). The molecule has 0 bridgehead atoms. The Balaban J connectivity index is 2.18. The number of aromatic hydroxyl groups is 1. The van der Waals surface area contributed by atoms with Crippen LogP contribution in [-0.2, 0) is 15.5 Å². The Kier molecular flexibility index (Phi) is 3.32. The summed E-state index contributed by atoms with van der Waals surface area (Å²) in [6, 6.07) is -1.39. The Morgan fingerprint density at radius 1 is 1.33 bits per heavy atom. The molecule has 2 aliphatic heterocycles. The molecule has 2 aliphatic rings. The third-order valence-electron chi connectivity index (χ3n) is 4.32. The van der Waals surface area contributed by atoms with Gasteiger partial charge < -0.3 is 21.1 Å². The zero-order valence-corrected chi connectivity index (χ0v) is 12.5. The third kappa shape index (κ3) is 1.91. The van der Waals surface area contributed by atoms with E-state index in [1.165, 1.54) is 7.85 Å². The van der Waals surface area contributed by atoms with E-state index in [2.05, 4.69) is 0 Å². The van der Waals surface area contributed by atoms with E-state index in [4.69, 9.17) is 5.73 Å². The molecule has 11 heteroatoms. The van der Waals surface area contributed by atoms with E-state index in [0.717, 1.165) is 0 Å². The number of nitrogens with one attached hydrogen (secondary N) is 1. The first kappa shape index (κ1) is 16.2. The van der Waals surface area contributed by atoms with Gasteiger partial charge in [-0.3, -0.25) is 24.6 Å². The molecule has 3 rings (SSSR count). The smallest absolute Gasteiger partial charge is 0.281 e. The molecule has 1 atom stereocenters. The minimum absolute atomic E-state index is 0.124. The number of aliphatic hydroxyl groups is 2. The number of hydrogen-bond donors (Lipinski definition) is 5. The Morgan fingerprint density at radius 2 is 1.96 bits per heavy atom. The van der Waals surface area contributed by atoms with Crippen molar-refractivity contribution in [2.45, 2.75) is 24.8 Å². The summed E-state index contributed by atoms with van der Waals surface area (Å²) in [6.07, 6.45) is -0.281. The highest BCUT2D eigenvalue weighted by atomic mass is 19.1. The van der Waals surface area contributed by atoms with E-state index in [0.29, 0.717) is 4.90 Å². The number of piperidine rings is 1. The molecule has 1 unspecified atom stereocenters. The van der Waals surface area contributed by atoms with Gasteiger partial charge in [-0.05, 0) is 11.9 Å². The fourth-order valence-electron chi connectivity index (χ4n) is 3.07. The normalized spacial score (nSPS) is 22.5. The maximum Gasteiger partial charge on any atom is 0.281 e. The number of phenols is 1. The van der Waals surface area contributed by atoms with Crippen molar-refractivity contribution in [3.05, 3.63) is 16.9 Å². The summed E-state index contributed by atoms with van der Waals surface area (Å²) in [6.45, 7) is 0. The average Bonchev–Trinajstić information content (AvgIpc) is 2.70. The first-order valence-corrected chi connectivity index (χ1v) is 7.02. The number of nitrogens with zero attached hydrogens (tertiary/aromatic N) is 1. The van der Waals surface area contributed by atoms with E-state index in [9.17, 15) is 34.1 Å². The number of hydrogen-bond acceptors (Lipinski definition) is 7. The summed E-state index contributed by atoms with van der Waals surface area (Å²) in [7, 11) is 1.19. The summed E-state index contributed by atoms with van der Waals surface area (Å²) in [5, 5.41) is 32.7. The largest absolute Gasteiger partial charge is 0.504 e. The molecule has 0 saturated carbocycles. The van der Waals surface area contributed by atoms with E-state index >= 15 is 0 Å². The number of phenolic OH excluding ortho intramolecular Hbond substituents is 1. The second kappa shape index (κ2) is 4.92. The zero-order chi connectivity index (χ0) is 18.0. The van der Waals surface area contributed by atoms with Crippen molar-refractivity contribution in [1.82, 2.24) is 10.2 Å². The third-order valence-corrected chi connectivity index (χ3v) is 4.32. The zero-order valence-electron chi connectivity index (χ0n) is 12.5. The number of nitrogens with two attached hydrogens (primary N) is 1. The molecule has 0 radical (unpaired) electrons. The van der Waals surface area contributed by atoms with Crippen LogP contribution >= 0.6 is 0 Å². The second-order valence-corrected chi connectivity index (χ2v) is 5.73. The van der Waals surface area contributed by atoms with Crippen LogP contribution in [0.25, 0.3) is 0 Å². The Labute approximate surface area is 135 Å². The van der Waals surface area contributed by atoms with E-state index in [-0.39, 0.29) is 18.3 Å². The fraction of sp³-hybridized carbons (Fsp3) is 0.308. The maximum atomic E-state index is 14.0. The SMILES string of the molecule is Bc1c(N)c2c(c(O)c1F)C(=O)N(C1CCC(=O)NC1=O)C2(O)O. The molecule has 1 aromatic carbocycles. The molecular formula is C13H13BFN3O6. The van der Waals surface area contributed by atoms with Gasteiger partial charge >= 0.3 is 0 Å². The van der Waals surface area contributed by atoms with Gasteiger partial charge in [-0.1, -0.05) is 0 Å². The summed E-state index contributed by atoms with van der Waals surface area (Å²) in [4.78, 5) is 36.1. The number of imide groups is 1. The van der Waals surface area contributed by atoms with Crippen molar-refractivity contribution in [3.63, 3.8) is 0 Å². The number of halogens is 1. The lowest BCUT2D eigenvalue weighted by atomic mass is 9.87. The van der Waals surface area contributed by atoms with E-state index in [1.54, 1.807) is 0 Å². The van der Waals surface area contributed by atoms with Crippen LogP contribution in [-0.4, -0.2) is 51.8 Å². The molecule has 6 N–H and O–H groups in total. The number of nitrogen functional groups attached to an aromatic ring is 1. The molecule has 3 amide bonds. The molecule has 1 aromatic rings. The number of fused-ring (bicyclic) bond motifs is 1. The molecule has 2 heterocycles. The highest BCUT2D eigenvalue weighted by Gasteiger charge is 2.56. The van der Waals surface area contributed by atoms with Crippen LogP contribution in [0.4, 0.5) is 10.1 Å². The van der Waals surface area contributed by atoms with Gasteiger partial charge in [-0.25, -0.2) is 4.39 Å². The van der Waals surface area contributed by atoms with Crippen molar-refractivity contribution >= 4 is 36.7 Å². The summed E-state index contributed by atoms with van der Waals surface area (Å²) in [5.41, 5.74) is 3.69. The van der Waals surface area contributed by atoms with Gasteiger partial charge in [0.25, 0.3) is 11.8 Å². The van der Waals surface area contributed by atoms with Gasteiger partial charge in [-0.15, -0.1) is 0 Å². The molecular weight excluding hydrogens is 324 g/mol. The predicted octanol–water partition coefficient (Wildman–Crippen LogP) is -3.27.